The number of hydrogen-bond acceptors (Lipinski definition) is 5. The molecule has 2 aromatic heterocycles. The summed E-state index contributed by atoms with van der Waals surface area (Å²) in [6.45, 7) is 8.63. The molecular weight excluding hydrogens is 386 g/mol. The number of amides is 3. The molecule has 1 aliphatic rings. The van der Waals surface area contributed by atoms with Crippen LogP contribution in [0.25, 0.3) is 0 Å². The third-order valence-corrected chi connectivity index (χ3v) is 5.45. The van der Waals surface area contributed by atoms with E-state index in [4.69, 9.17) is 4.42 Å². The number of carbonyl (C=O) groups is 3. The molecule has 1 atom stereocenters. The van der Waals surface area contributed by atoms with Gasteiger partial charge in [-0.25, -0.2) is 0 Å². The first-order valence-electron chi connectivity index (χ1n) is 10.1. The Labute approximate surface area is 175 Å². The number of rotatable bonds is 7. The normalized spacial score (nSPS) is 18.5. The van der Waals surface area contributed by atoms with E-state index in [0.717, 1.165) is 12.2 Å². The first-order chi connectivity index (χ1) is 14.1. The van der Waals surface area contributed by atoms with Gasteiger partial charge >= 0.3 is 0 Å². The molecule has 0 radical (unpaired) electrons. The van der Waals surface area contributed by atoms with Gasteiger partial charge in [-0.3, -0.25) is 19.1 Å². The number of nitrogens with zero attached hydrogens (tertiary/aromatic N) is 3. The maximum absolute atomic E-state index is 12.9. The summed E-state index contributed by atoms with van der Waals surface area (Å²) in [6.07, 6.45) is 0.853. The van der Waals surface area contributed by atoms with E-state index in [1.807, 2.05) is 13.0 Å². The molecule has 3 rings (SSSR count). The fourth-order valence-electron chi connectivity index (χ4n) is 3.34. The highest BCUT2D eigenvalue weighted by molar-refractivity contribution is 6.01. The summed E-state index contributed by atoms with van der Waals surface area (Å²) < 4.78 is 6.88. The number of carbonyl (C=O) groups excluding carboxylic acids is 3. The number of nitrogens with one attached hydrogen (secondary N) is 2. The van der Waals surface area contributed by atoms with Crippen molar-refractivity contribution in [2.45, 2.75) is 52.7 Å². The van der Waals surface area contributed by atoms with Crippen molar-refractivity contribution in [1.82, 2.24) is 25.3 Å². The molecule has 2 N–H and O–H groups in total. The van der Waals surface area contributed by atoms with Gasteiger partial charge in [0.25, 0.3) is 11.8 Å². The minimum atomic E-state index is -1.09. The molecular formula is C21H29N5O4. The lowest BCUT2D eigenvalue weighted by Crippen LogP contribution is -2.62. The van der Waals surface area contributed by atoms with Crippen molar-refractivity contribution in [3.8, 4) is 0 Å². The van der Waals surface area contributed by atoms with Gasteiger partial charge in [-0.05, 0) is 38.3 Å². The fraction of sp³-hybridized carbons (Fsp3) is 0.524. The van der Waals surface area contributed by atoms with Crippen LogP contribution in [0, 0.1) is 12.8 Å². The Balaban J connectivity index is 1.72. The Bertz CT molecular complexity index is 961. The van der Waals surface area contributed by atoms with E-state index >= 15 is 0 Å². The Hall–Kier alpha value is -3.10. The van der Waals surface area contributed by atoms with E-state index in [0.29, 0.717) is 18.2 Å². The summed E-state index contributed by atoms with van der Waals surface area (Å²) >= 11 is 0. The van der Waals surface area contributed by atoms with Crippen LogP contribution in [0.15, 0.2) is 22.6 Å². The molecule has 0 fully saturated rings. The van der Waals surface area contributed by atoms with Crippen LogP contribution >= 0.6 is 0 Å². The van der Waals surface area contributed by atoms with Gasteiger partial charge < -0.3 is 20.0 Å². The lowest BCUT2D eigenvalue weighted by atomic mass is 9.95. The Kier molecular flexibility index (Phi) is 6.00. The van der Waals surface area contributed by atoms with Crippen LogP contribution in [0.3, 0.4) is 0 Å². The Morgan fingerprint density at radius 2 is 2.03 bits per heavy atom. The quantitative estimate of drug-likeness (QED) is 0.716. The minimum absolute atomic E-state index is 0.125. The van der Waals surface area contributed by atoms with Gasteiger partial charge in [0.2, 0.25) is 5.91 Å². The highest BCUT2D eigenvalue weighted by Crippen LogP contribution is 2.26. The molecule has 0 aromatic carbocycles. The average molecular weight is 415 g/mol. The van der Waals surface area contributed by atoms with Crippen LogP contribution in [0.2, 0.25) is 0 Å². The number of aromatic nitrogens is 2. The maximum Gasteiger partial charge on any atom is 0.272 e. The first-order valence-corrected chi connectivity index (χ1v) is 10.1. The van der Waals surface area contributed by atoms with E-state index in [9.17, 15) is 14.4 Å². The number of hydrogen-bond donors (Lipinski definition) is 2. The predicted molar refractivity (Wildman–Crippen MR) is 110 cm³/mol. The maximum atomic E-state index is 12.9. The van der Waals surface area contributed by atoms with Gasteiger partial charge in [0.15, 0.2) is 5.69 Å². The van der Waals surface area contributed by atoms with Crippen molar-refractivity contribution in [2.75, 3.05) is 13.6 Å². The molecule has 0 saturated heterocycles. The van der Waals surface area contributed by atoms with Gasteiger partial charge in [0.1, 0.15) is 22.8 Å². The van der Waals surface area contributed by atoms with Gasteiger partial charge in [-0.2, -0.15) is 5.10 Å². The van der Waals surface area contributed by atoms with Gasteiger partial charge in [-0.1, -0.05) is 13.8 Å². The summed E-state index contributed by atoms with van der Waals surface area (Å²) in [6, 6.07) is 5.06. The molecule has 0 saturated carbocycles. The molecule has 162 valence electrons. The van der Waals surface area contributed by atoms with Crippen molar-refractivity contribution in [3.63, 3.8) is 0 Å². The third-order valence-electron chi connectivity index (χ3n) is 5.45. The predicted octanol–water partition coefficient (Wildman–Crippen LogP) is 1.72. The zero-order valence-corrected chi connectivity index (χ0v) is 18.1. The molecule has 1 aliphatic heterocycles. The molecule has 0 bridgehead atoms. The van der Waals surface area contributed by atoms with E-state index in [1.54, 1.807) is 20.0 Å². The second kappa shape index (κ2) is 8.33. The van der Waals surface area contributed by atoms with Crippen LogP contribution in [0.1, 0.15) is 59.7 Å². The summed E-state index contributed by atoms with van der Waals surface area (Å²) in [5, 5.41) is 9.93. The number of furan rings is 1. The van der Waals surface area contributed by atoms with Crippen molar-refractivity contribution >= 4 is 17.7 Å². The van der Waals surface area contributed by atoms with Crippen LogP contribution < -0.4 is 10.6 Å². The van der Waals surface area contributed by atoms with Crippen molar-refractivity contribution < 1.29 is 18.8 Å². The van der Waals surface area contributed by atoms with E-state index < -0.39 is 11.4 Å². The highest BCUT2D eigenvalue weighted by atomic mass is 16.3. The molecule has 0 spiro atoms. The van der Waals surface area contributed by atoms with E-state index in [1.165, 1.54) is 15.6 Å². The van der Waals surface area contributed by atoms with E-state index in [2.05, 4.69) is 29.6 Å². The van der Waals surface area contributed by atoms with Crippen molar-refractivity contribution in [3.05, 3.63) is 41.1 Å². The highest BCUT2D eigenvalue weighted by Gasteiger charge is 2.46. The summed E-state index contributed by atoms with van der Waals surface area (Å²) in [7, 11) is 1.60. The van der Waals surface area contributed by atoms with Crippen molar-refractivity contribution in [2.24, 2.45) is 5.92 Å². The standard InChI is InChI=1S/C21H29N5O4/c1-13(2)8-9-22-20(29)21(4)12-26-17(19(28)25(21)5)10-16(24-26)18(27)23-11-15-7-6-14(3)30-15/h6-7,10,13H,8-9,11-12H2,1-5H3,(H,22,29)(H,23,27)/t21-/m0/s1. The second-order valence-electron chi connectivity index (χ2n) is 8.34. The molecule has 2 aromatic rings. The van der Waals surface area contributed by atoms with Crippen LogP contribution in [0.5, 0.6) is 0 Å². The first kappa shape index (κ1) is 21.6. The SMILES string of the molecule is Cc1ccc(CNC(=O)c2cc3n(n2)C[C@@](C)(C(=O)NCCC(C)C)N(C)C3=O)o1. The number of likely N-dealkylation sites (N-methyl/N-ethyl adjacent to an activating group) is 1. The van der Waals surface area contributed by atoms with Crippen LogP contribution in [0.4, 0.5) is 0 Å². The summed E-state index contributed by atoms with van der Waals surface area (Å²) in [5.41, 5.74) is -0.685. The van der Waals surface area contributed by atoms with E-state index in [-0.39, 0.29) is 36.3 Å². The smallest absolute Gasteiger partial charge is 0.272 e. The zero-order valence-electron chi connectivity index (χ0n) is 18.1. The summed E-state index contributed by atoms with van der Waals surface area (Å²) in [5.74, 6) is 0.857. The zero-order chi connectivity index (χ0) is 22.1. The molecule has 30 heavy (non-hydrogen) atoms. The average Bonchev–Trinajstić information content (AvgIpc) is 3.30. The van der Waals surface area contributed by atoms with Crippen LogP contribution in [-0.2, 0) is 17.9 Å². The minimum Gasteiger partial charge on any atom is -0.465 e. The number of fused-ring (bicyclic) bond motifs is 1. The molecule has 0 unspecified atom stereocenters. The Morgan fingerprint density at radius 1 is 1.30 bits per heavy atom. The Morgan fingerprint density at radius 3 is 2.67 bits per heavy atom. The molecule has 3 amide bonds. The number of aryl methyl sites for hydroxylation is 1. The largest absolute Gasteiger partial charge is 0.465 e. The lowest BCUT2D eigenvalue weighted by Gasteiger charge is -2.40. The van der Waals surface area contributed by atoms with Gasteiger partial charge in [0, 0.05) is 19.7 Å². The molecule has 0 aliphatic carbocycles. The second-order valence-corrected chi connectivity index (χ2v) is 8.34. The van der Waals surface area contributed by atoms with Crippen LogP contribution in [-0.4, -0.2) is 51.5 Å². The molecule has 9 nitrogen and oxygen atoms in total. The fourth-order valence-corrected chi connectivity index (χ4v) is 3.34. The lowest BCUT2D eigenvalue weighted by molar-refractivity contribution is -0.132. The molecule has 3 heterocycles. The molecule has 9 heteroatoms. The van der Waals surface area contributed by atoms with Crippen molar-refractivity contribution in [1.29, 1.82) is 0 Å². The van der Waals surface area contributed by atoms with Gasteiger partial charge in [-0.15, -0.1) is 0 Å². The topological polar surface area (TPSA) is 109 Å². The third kappa shape index (κ3) is 4.24. The van der Waals surface area contributed by atoms with Gasteiger partial charge in [0.05, 0.1) is 13.1 Å². The monoisotopic (exact) mass is 415 g/mol. The summed E-state index contributed by atoms with van der Waals surface area (Å²) in [4.78, 5) is 39.6.